The van der Waals surface area contributed by atoms with Gasteiger partial charge in [0, 0.05) is 37.6 Å². The number of nitrogens with zero attached hydrogens (tertiary/aromatic N) is 2. The van der Waals surface area contributed by atoms with Crippen LogP contribution in [0, 0.1) is 6.92 Å². The van der Waals surface area contributed by atoms with E-state index in [-0.39, 0.29) is 10.8 Å². The lowest BCUT2D eigenvalue weighted by molar-refractivity contribution is -0.130. The third-order valence-corrected chi connectivity index (χ3v) is 4.86. The van der Waals surface area contributed by atoms with Crippen LogP contribution in [0.4, 0.5) is 0 Å². The van der Waals surface area contributed by atoms with Crippen LogP contribution in [-0.4, -0.2) is 35.6 Å². The van der Waals surface area contributed by atoms with Crippen molar-refractivity contribution < 1.29 is 14.3 Å². The SMILES string of the molecule is Cc1csc(=O)n1CCC(=O)N(C)Cc1ccc2c(c1)OCCO2. The maximum absolute atomic E-state index is 12.3. The summed E-state index contributed by atoms with van der Waals surface area (Å²) in [6.45, 7) is 3.89. The highest BCUT2D eigenvalue weighted by atomic mass is 32.1. The standard InChI is InChI=1S/C17H20N2O4S/c1-12-11-24-17(21)19(12)6-5-16(20)18(2)10-13-3-4-14-15(9-13)23-8-7-22-14/h3-4,9,11H,5-8,10H2,1-2H3. The summed E-state index contributed by atoms with van der Waals surface area (Å²) >= 11 is 1.16. The van der Waals surface area contributed by atoms with E-state index in [2.05, 4.69) is 0 Å². The molecular weight excluding hydrogens is 328 g/mol. The summed E-state index contributed by atoms with van der Waals surface area (Å²) in [7, 11) is 1.77. The van der Waals surface area contributed by atoms with E-state index in [9.17, 15) is 9.59 Å². The Morgan fingerprint density at radius 1 is 1.29 bits per heavy atom. The molecule has 6 nitrogen and oxygen atoms in total. The van der Waals surface area contributed by atoms with Gasteiger partial charge in [0.25, 0.3) is 0 Å². The second-order valence-electron chi connectivity index (χ2n) is 5.77. The summed E-state index contributed by atoms with van der Waals surface area (Å²) in [4.78, 5) is 25.6. The number of aromatic nitrogens is 1. The summed E-state index contributed by atoms with van der Waals surface area (Å²) < 4.78 is 12.7. The molecule has 1 aliphatic rings. The second kappa shape index (κ2) is 7.09. The number of carbonyl (C=O) groups excluding carboxylic acids is 1. The Balaban J connectivity index is 1.59. The molecule has 0 radical (unpaired) electrons. The molecule has 0 atom stereocenters. The molecule has 1 aromatic heterocycles. The van der Waals surface area contributed by atoms with E-state index >= 15 is 0 Å². The van der Waals surface area contributed by atoms with Gasteiger partial charge in [0.15, 0.2) is 11.5 Å². The molecule has 1 amide bonds. The molecular formula is C17H20N2O4S. The first-order valence-corrected chi connectivity index (χ1v) is 8.70. The fourth-order valence-electron chi connectivity index (χ4n) is 2.62. The first kappa shape index (κ1) is 16.6. The number of hydrogen-bond donors (Lipinski definition) is 0. The van der Waals surface area contributed by atoms with Gasteiger partial charge in [0.2, 0.25) is 5.91 Å². The van der Waals surface area contributed by atoms with Crippen LogP contribution in [0.25, 0.3) is 0 Å². The van der Waals surface area contributed by atoms with Gasteiger partial charge in [0.1, 0.15) is 13.2 Å². The van der Waals surface area contributed by atoms with Gasteiger partial charge in [0.05, 0.1) is 0 Å². The van der Waals surface area contributed by atoms with E-state index in [1.54, 1.807) is 16.5 Å². The zero-order valence-electron chi connectivity index (χ0n) is 13.8. The molecule has 1 aliphatic heterocycles. The molecule has 0 aliphatic carbocycles. The van der Waals surface area contributed by atoms with Crippen molar-refractivity contribution in [2.45, 2.75) is 26.4 Å². The molecule has 0 bridgehead atoms. The number of rotatable bonds is 5. The van der Waals surface area contributed by atoms with Crippen molar-refractivity contribution in [1.29, 1.82) is 0 Å². The molecule has 1 aromatic carbocycles. The highest BCUT2D eigenvalue weighted by Gasteiger charge is 2.15. The van der Waals surface area contributed by atoms with Crippen LogP contribution in [-0.2, 0) is 17.9 Å². The Bertz CT molecular complexity index is 796. The van der Waals surface area contributed by atoms with Crippen molar-refractivity contribution in [2.75, 3.05) is 20.3 Å². The fraction of sp³-hybridized carbons (Fsp3) is 0.412. The molecule has 0 N–H and O–H groups in total. The Labute approximate surface area is 144 Å². The van der Waals surface area contributed by atoms with Gasteiger partial charge >= 0.3 is 4.87 Å². The van der Waals surface area contributed by atoms with E-state index in [0.717, 1.165) is 34.1 Å². The van der Waals surface area contributed by atoms with Gasteiger partial charge in [-0.25, -0.2) is 0 Å². The van der Waals surface area contributed by atoms with E-state index in [1.165, 1.54) is 0 Å². The number of aryl methyl sites for hydroxylation is 1. The molecule has 0 saturated carbocycles. The van der Waals surface area contributed by atoms with Gasteiger partial charge in [-0.3, -0.25) is 9.59 Å². The van der Waals surface area contributed by atoms with E-state index in [1.807, 2.05) is 30.5 Å². The fourth-order valence-corrected chi connectivity index (χ4v) is 3.38. The monoisotopic (exact) mass is 348 g/mol. The molecule has 0 spiro atoms. The average molecular weight is 348 g/mol. The molecule has 7 heteroatoms. The number of benzene rings is 1. The highest BCUT2D eigenvalue weighted by molar-refractivity contribution is 7.07. The molecule has 0 saturated heterocycles. The lowest BCUT2D eigenvalue weighted by Crippen LogP contribution is -2.28. The van der Waals surface area contributed by atoms with Gasteiger partial charge < -0.3 is 18.9 Å². The van der Waals surface area contributed by atoms with Crippen LogP contribution >= 0.6 is 11.3 Å². The first-order valence-electron chi connectivity index (χ1n) is 7.82. The lowest BCUT2D eigenvalue weighted by atomic mass is 10.2. The molecule has 0 fully saturated rings. The van der Waals surface area contributed by atoms with Crippen LogP contribution < -0.4 is 14.3 Å². The first-order chi connectivity index (χ1) is 11.5. The minimum absolute atomic E-state index is 0.00221. The van der Waals surface area contributed by atoms with Crippen molar-refractivity contribution in [3.05, 3.63) is 44.5 Å². The van der Waals surface area contributed by atoms with Crippen LogP contribution in [0.5, 0.6) is 11.5 Å². The number of carbonyl (C=O) groups is 1. The summed E-state index contributed by atoms with van der Waals surface area (Å²) in [6.07, 6.45) is 0.304. The number of ether oxygens (including phenoxy) is 2. The second-order valence-corrected chi connectivity index (χ2v) is 6.59. The van der Waals surface area contributed by atoms with Crippen LogP contribution in [0.2, 0.25) is 0 Å². The summed E-state index contributed by atoms with van der Waals surface area (Å²) in [5.41, 5.74) is 1.88. The average Bonchev–Trinajstić information content (AvgIpc) is 2.90. The molecule has 3 rings (SSSR count). The molecule has 2 aromatic rings. The maximum Gasteiger partial charge on any atom is 0.307 e. The Morgan fingerprint density at radius 3 is 2.75 bits per heavy atom. The maximum atomic E-state index is 12.3. The lowest BCUT2D eigenvalue weighted by Gasteiger charge is -2.21. The van der Waals surface area contributed by atoms with E-state index in [4.69, 9.17) is 9.47 Å². The molecule has 2 heterocycles. The zero-order valence-corrected chi connectivity index (χ0v) is 14.6. The van der Waals surface area contributed by atoms with E-state index in [0.29, 0.717) is 32.7 Å². The van der Waals surface area contributed by atoms with Crippen LogP contribution in [0.1, 0.15) is 17.7 Å². The van der Waals surface area contributed by atoms with Crippen molar-refractivity contribution in [1.82, 2.24) is 9.47 Å². The predicted octanol–water partition coefficient (Wildman–Crippen LogP) is 2.04. The number of amides is 1. The largest absolute Gasteiger partial charge is 0.486 e. The normalized spacial score (nSPS) is 12.9. The van der Waals surface area contributed by atoms with Crippen molar-refractivity contribution in [2.24, 2.45) is 0 Å². The van der Waals surface area contributed by atoms with Crippen molar-refractivity contribution >= 4 is 17.2 Å². The van der Waals surface area contributed by atoms with Crippen LogP contribution in [0.15, 0.2) is 28.4 Å². The number of fused-ring (bicyclic) bond motifs is 1. The summed E-state index contributed by atoms with van der Waals surface area (Å²) in [6, 6.07) is 5.72. The number of thiazole rings is 1. The van der Waals surface area contributed by atoms with E-state index < -0.39 is 0 Å². The Morgan fingerprint density at radius 2 is 2.04 bits per heavy atom. The quantitative estimate of drug-likeness (QED) is 0.830. The van der Waals surface area contributed by atoms with Gasteiger partial charge in [-0.05, 0) is 24.6 Å². The van der Waals surface area contributed by atoms with Gasteiger partial charge in [-0.1, -0.05) is 17.4 Å². The van der Waals surface area contributed by atoms with Crippen molar-refractivity contribution in [3.63, 3.8) is 0 Å². The molecule has 24 heavy (non-hydrogen) atoms. The third kappa shape index (κ3) is 3.62. The van der Waals surface area contributed by atoms with Crippen LogP contribution in [0.3, 0.4) is 0 Å². The third-order valence-electron chi connectivity index (χ3n) is 3.98. The smallest absolute Gasteiger partial charge is 0.307 e. The Kier molecular flexibility index (Phi) is 4.89. The van der Waals surface area contributed by atoms with Gasteiger partial charge in [-0.15, -0.1) is 0 Å². The molecule has 128 valence electrons. The summed E-state index contributed by atoms with van der Waals surface area (Å²) in [5.74, 6) is 1.47. The van der Waals surface area contributed by atoms with Crippen molar-refractivity contribution in [3.8, 4) is 11.5 Å². The topological polar surface area (TPSA) is 60.8 Å². The minimum atomic E-state index is -0.0187. The molecule has 0 unspecified atom stereocenters. The highest BCUT2D eigenvalue weighted by Crippen LogP contribution is 2.31. The van der Waals surface area contributed by atoms with Gasteiger partial charge in [-0.2, -0.15) is 0 Å². The predicted molar refractivity (Wildman–Crippen MR) is 91.8 cm³/mol. The zero-order chi connectivity index (χ0) is 17.1. The minimum Gasteiger partial charge on any atom is -0.486 e. The number of hydrogen-bond acceptors (Lipinski definition) is 5. The Hall–Kier alpha value is -2.28. The summed E-state index contributed by atoms with van der Waals surface area (Å²) in [5, 5.41) is 1.81.